The number of hydrogen-bond acceptors (Lipinski definition) is 5. The van der Waals surface area contributed by atoms with E-state index in [1.165, 1.54) is 0 Å². The van der Waals surface area contributed by atoms with Crippen molar-refractivity contribution in [1.82, 2.24) is 15.0 Å². The van der Waals surface area contributed by atoms with Crippen molar-refractivity contribution in [3.8, 4) is 0 Å². The van der Waals surface area contributed by atoms with Crippen LogP contribution in [0.5, 0.6) is 0 Å². The molecule has 3 rings (SSSR count). The minimum atomic E-state index is -0.0354. The van der Waals surface area contributed by atoms with E-state index < -0.39 is 0 Å². The van der Waals surface area contributed by atoms with Crippen LogP contribution < -0.4 is 0 Å². The van der Waals surface area contributed by atoms with E-state index in [2.05, 4.69) is 10.1 Å². The fourth-order valence-corrected chi connectivity index (χ4v) is 3.99. The molecule has 0 aliphatic carbocycles. The molecule has 2 aromatic heterocycles. The summed E-state index contributed by atoms with van der Waals surface area (Å²) in [5.74, 6) is 1.49. The quantitative estimate of drug-likeness (QED) is 0.434. The number of hydrogen-bond donors (Lipinski definition) is 0. The lowest BCUT2D eigenvalue weighted by atomic mass is 10.2. The molecule has 0 fully saturated rings. The predicted octanol–water partition coefficient (Wildman–Crippen LogP) is 4.90. The van der Waals surface area contributed by atoms with Gasteiger partial charge in [-0.3, -0.25) is 4.79 Å². The number of carbonyl (C=O) groups is 1. The van der Waals surface area contributed by atoms with Gasteiger partial charge in [0.25, 0.3) is 5.91 Å². The number of pyridine rings is 1. The largest absolute Gasteiger partial charge is 0.361 e. The highest BCUT2D eigenvalue weighted by molar-refractivity contribution is 7.98. The molecule has 0 saturated carbocycles. The highest BCUT2D eigenvalue weighted by Crippen LogP contribution is 2.29. The fourth-order valence-electron chi connectivity index (χ4n) is 2.68. The number of rotatable bonds is 6. The molecule has 0 saturated heterocycles. The zero-order valence-corrected chi connectivity index (χ0v) is 17.0. The van der Waals surface area contributed by atoms with Gasteiger partial charge < -0.3 is 9.42 Å². The van der Waals surface area contributed by atoms with Crippen molar-refractivity contribution in [2.45, 2.75) is 31.0 Å². The van der Waals surface area contributed by atoms with Gasteiger partial charge in [0.05, 0.1) is 11.3 Å². The van der Waals surface area contributed by atoms with Crippen molar-refractivity contribution < 1.29 is 9.32 Å². The molecule has 0 radical (unpaired) electrons. The zero-order valence-electron chi connectivity index (χ0n) is 15.4. The number of thioether (sulfide) groups is 1. The van der Waals surface area contributed by atoms with Crippen LogP contribution in [-0.4, -0.2) is 28.0 Å². The van der Waals surface area contributed by atoms with Crippen molar-refractivity contribution in [2.75, 3.05) is 7.05 Å². The Labute approximate surface area is 167 Å². The molecule has 1 aromatic carbocycles. The second-order valence-electron chi connectivity index (χ2n) is 6.24. The lowest BCUT2D eigenvalue weighted by Gasteiger charge is -2.19. The Morgan fingerprint density at radius 1 is 1.22 bits per heavy atom. The first-order valence-corrected chi connectivity index (χ1v) is 9.81. The van der Waals surface area contributed by atoms with Crippen LogP contribution in [0.25, 0.3) is 0 Å². The summed E-state index contributed by atoms with van der Waals surface area (Å²) >= 11 is 7.43. The Kier molecular flexibility index (Phi) is 6.19. The van der Waals surface area contributed by atoms with Gasteiger partial charge in [-0.2, -0.15) is 0 Å². The third-order valence-corrected chi connectivity index (χ3v) is 5.55. The van der Waals surface area contributed by atoms with Crippen LogP contribution >= 0.6 is 23.4 Å². The van der Waals surface area contributed by atoms with Gasteiger partial charge in [0.1, 0.15) is 10.9 Å². The van der Waals surface area contributed by atoms with Gasteiger partial charge in [-0.25, -0.2) is 4.98 Å². The van der Waals surface area contributed by atoms with Crippen molar-refractivity contribution >= 4 is 29.3 Å². The molecule has 0 aliphatic rings. The first kappa shape index (κ1) is 19.5. The Balaban J connectivity index is 1.74. The Hall–Kier alpha value is -2.31. The number of aromatic nitrogens is 2. The van der Waals surface area contributed by atoms with Crippen LogP contribution in [0.3, 0.4) is 0 Å². The lowest BCUT2D eigenvalue weighted by molar-refractivity contribution is 0.0781. The average molecular weight is 402 g/mol. The van der Waals surface area contributed by atoms with Crippen molar-refractivity contribution in [3.63, 3.8) is 0 Å². The summed E-state index contributed by atoms with van der Waals surface area (Å²) in [5, 5.41) is 4.43. The van der Waals surface area contributed by atoms with Gasteiger partial charge in [0.15, 0.2) is 0 Å². The van der Waals surface area contributed by atoms with Gasteiger partial charge in [-0.1, -0.05) is 35.0 Å². The molecule has 3 aromatic rings. The average Bonchev–Trinajstić information content (AvgIpc) is 2.99. The van der Waals surface area contributed by atoms with Crippen LogP contribution in [-0.2, 0) is 12.3 Å². The molecule has 2 heterocycles. The maximum atomic E-state index is 13.0. The molecule has 0 spiro atoms. The van der Waals surface area contributed by atoms with Gasteiger partial charge >= 0.3 is 0 Å². The van der Waals surface area contributed by atoms with E-state index in [-0.39, 0.29) is 5.91 Å². The highest BCUT2D eigenvalue weighted by Gasteiger charge is 2.17. The van der Waals surface area contributed by atoms with Gasteiger partial charge in [-0.15, -0.1) is 11.8 Å². The number of amides is 1. The van der Waals surface area contributed by atoms with Crippen LogP contribution in [0.2, 0.25) is 5.15 Å². The monoisotopic (exact) mass is 401 g/mol. The molecule has 0 atom stereocenters. The van der Waals surface area contributed by atoms with Crippen LogP contribution in [0.15, 0.2) is 52.0 Å². The minimum absolute atomic E-state index is 0.0354. The summed E-state index contributed by atoms with van der Waals surface area (Å²) in [7, 11) is 1.78. The summed E-state index contributed by atoms with van der Waals surface area (Å²) in [5.41, 5.74) is 3.56. The van der Waals surface area contributed by atoms with Crippen LogP contribution in [0, 0.1) is 13.8 Å². The number of benzene rings is 1. The standard InChI is InChI=1S/C20H20ClN3O2S/c1-13-17(14(2)26-23-13)12-27-18-7-5-4-6-16(18)20(25)24(3)11-15-8-9-19(21)22-10-15/h4-10H,11-12H2,1-3H3. The molecule has 0 aliphatic heterocycles. The number of aryl methyl sites for hydroxylation is 2. The minimum Gasteiger partial charge on any atom is -0.361 e. The van der Waals surface area contributed by atoms with Gasteiger partial charge in [0.2, 0.25) is 0 Å². The number of halogens is 1. The van der Waals surface area contributed by atoms with Crippen molar-refractivity contribution in [3.05, 3.63) is 75.9 Å². The molecule has 1 amide bonds. The molecular weight excluding hydrogens is 382 g/mol. The normalized spacial score (nSPS) is 10.8. The third kappa shape index (κ3) is 4.70. The molecule has 5 nitrogen and oxygen atoms in total. The topological polar surface area (TPSA) is 59.2 Å². The first-order chi connectivity index (χ1) is 13.0. The van der Waals surface area contributed by atoms with Crippen LogP contribution in [0.4, 0.5) is 0 Å². The molecule has 140 valence electrons. The Morgan fingerprint density at radius 3 is 2.67 bits per heavy atom. The second kappa shape index (κ2) is 8.59. The van der Waals surface area contributed by atoms with E-state index in [0.717, 1.165) is 27.5 Å². The summed E-state index contributed by atoms with van der Waals surface area (Å²) < 4.78 is 5.22. The maximum Gasteiger partial charge on any atom is 0.255 e. The molecule has 0 unspecified atom stereocenters. The van der Waals surface area contributed by atoms with E-state index in [0.29, 0.717) is 23.0 Å². The predicted molar refractivity (Wildman–Crippen MR) is 107 cm³/mol. The molecule has 0 N–H and O–H groups in total. The lowest BCUT2D eigenvalue weighted by Crippen LogP contribution is -2.26. The van der Waals surface area contributed by atoms with Crippen molar-refractivity contribution in [2.24, 2.45) is 0 Å². The number of nitrogens with zero attached hydrogens (tertiary/aromatic N) is 3. The molecular formula is C20H20ClN3O2S. The van der Waals surface area contributed by atoms with E-state index in [1.807, 2.05) is 44.2 Å². The van der Waals surface area contributed by atoms with Gasteiger partial charge in [-0.05, 0) is 37.6 Å². The summed E-state index contributed by atoms with van der Waals surface area (Å²) in [6.07, 6.45) is 1.68. The fraction of sp³-hybridized carbons (Fsp3) is 0.250. The Bertz CT molecular complexity index is 921. The van der Waals surface area contributed by atoms with Crippen molar-refractivity contribution in [1.29, 1.82) is 0 Å². The zero-order chi connectivity index (χ0) is 19.4. The first-order valence-electron chi connectivity index (χ1n) is 8.45. The third-order valence-electron chi connectivity index (χ3n) is 4.23. The summed E-state index contributed by atoms with van der Waals surface area (Å²) in [6, 6.07) is 11.2. The van der Waals surface area contributed by atoms with E-state index in [4.69, 9.17) is 16.1 Å². The van der Waals surface area contributed by atoms with E-state index in [9.17, 15) is 4.79 Å². The van der Waals surface area contributed by atoms with Gasteiger partial charge in [0, 0.05) is 36.0 Å². The van der Waals surface area contributed by atoms with E-state index in [1.54, 1.807) is 36.0 Å². The SMILES string of the molecule is Cc1noc(C)c1CSc1ccccc1C(=O)N(C)Cc1ccc(Cl)nc1. The Morgan fingerprint density at radius 2 is 2.00 bits per heavy atom. The summed E-state index contributed by atoms with van der Waals surface area (Å²) in [6.45, 7) is 4.30. The van der Waals surface area contributed by atoms with Crippen LogP contribution in [0.1, 0.15) is 32.9 Å². The highest BCUT2D eigenvalue weighted by atomic mass is 35.5. The molecule has 0 bridgehead atoms. The maximum absolute atomic E-state index is 13.0. The smallest absolute Gasteiger partial charge is 0.255 e. The second-order valence-corrected chi connectivity index (χ2v) is 7.64. The molecule has 27 heavy (non-hydrogen) atoms. The number of carbonyl (C=O) groups excluding carboxylic acids is 1. The summed E-state index contributed by atoms with van der Waals surface area (Å²) in [4.78, 5) is 19.6. The van der Waals surface area contributed by atoms with E-state index >= 15 is 0 Å². The molecule has 7 heteroatoms.